The van der Waals surface area contributed by atoms with Crippen LogP contribution in [0.4, 0.5) is 42.1 Å². The van der Waals surface area contributed by atoms with Gasteiger partial charge in [-0.2, -0.15) is 17.6 Å². The van der Waals surface area contributed by atoms with Gasteiger partial charge in [0.15, 0.2) is 11.6 Å². The molecule has 1 rings (SSSR count). The molecule has 0 saturated heterocycles. The maximum absolute atomic E-state index is 13.2. The molecule has 0 fully saturated rings. The fourth-order valence-corrected chi connectivity index (χ4v) is 1.20. The fraction of sp³-hybridized carbons (Fsp3) is 0.400. The first kappa shape index (κ1) is 16.2. The zero-order valence-electron chi connectivity index (χ0n) is 9.65. The van der Waals surface area contributed by atoms with E-state index in [0.717, 1.165) is 0 Å². The van der Waals surface area contributed by atoms with Gasteiger partial charge in [0.2, 0.25) is 0 Å². The Morgan fingerprint density at radius 3 is 2.30 bits per heavy atom. The summed E-state index contributed by atoms with van der Waals surface area (Å²) >= 11 is 0. The third-order valence-electron chi connectivity index (χ3n) is 2.15. The van der Waals surface area contributed by atoms with E-state index in [1.165, 1.54) is 0 Å². The zero-order chi connectivity index (χ0) is 15.5. The maximum Gasteiger partial charge on any atom is 0.387 e. The predicted octanol–water partition coefficient (Wildman–Crippen LogP) is 3.32. The molecule has 1 aromatic rings. The summed E-state index contributed by atoms with van der Waals surface area (Å²) in [5, 5.41) is 1.83. The molecule has 1 aromatic carbocycles. The number of rotatable bonds is 6. The lowest BCUT2D eigenvalue weighted by Crippen LogP contribution is -2.35. The molecule has 0 spiro atoms. The van der Waals surface area contributed by atoms with Crippen LogP contribution >= 0.6 is 0 Å². The first-order chi connectivity index (χ1) is 9.13. The van der Waals surface area contributed by atoms with Gasteiger partial charge >= 0.3 is 19.0 Å². The van der Waals surface area contributed by atoms with E-state index in [9.17, 15) is 30.7 Å². The second-order valence-electron chi connectivity index (χ2n) is 3.66. The van der Waals surface area contributed by atoms with E-state index in [1.807, 2.05) is 5.32 Å². The van der Waals surface area contributed by atoms with Crippen molar-refractivity contribution in [2.75, 3.05) is 17.6 Å². The van der Waals surface area contributed by atoms with Gasteiger partial charge in [-0.05, 0) is 0 Å². The third kappa shape index (κ3) is 4.07. The van der Waals surface area contributed by atoms with E-state index < -0.39 is 48.4 Å². The molecule has 0 unspecified atom stereocenters. The van der Waals surface area contributed by atoms with Crippen molar-refractivity contribution in [3.8, 4) is 5.75 Å². The number of hydrogen-bond acceptors (Lipinski definition) is 3. The highest BCUT2D eigenvalue weighted by molar-refractivity contribution is 5.68. The van der Waals surface area contributed by atoms with Crippen LogP contribution in [0.3, 0.4) is 0 Å². The molecule has 3 N–H and O–H groups in total. The molecule has 0 bridgehead atoms. The number of nitrogen functional groups attached to an aromatic ring is 1. The number of hydrogen-bond donors (Lipinski definition) is 2. The number of alkyl halides is 6. The molecule has 0 heterocycles. The highest BCUT2D eigenvalue weighted by Crippen LogP contribution is 2.31. The predicted molar refractivity (Wildman–Crippen MR) is 56.9 cm³/mol. The van der Waals surface area contributed by atoms with E-state index in [4.69, 9.17) is 5.73 Å². The van der Waals surface area contributed by atoms with Crippen LogP contribution in [-0.4, -0.2) is 25.5 Å². The summed E-state index contributed by atoms with van der Waals surface area (Å²) in [4.78, 5) is 0. The van der Waals surface area contributed by atoms with Crippen molar-refractivity contribution >= 4 is 11.4 Å². The average molecular weight is 306 g/mol. The second kappa shape index (κ2) is 6.06. The number of nitrogens with two attached hydrogens (primary N) is 1. The zero-order valence-corrected chi connectivity index (χ0v) is 9.65. The van der Waals surface area contributed by atoms with Gasteiger partial charge in [0.05, 0.1) is 17.9 Å². The standard InChI is InChI=1S/C10H9F7N2O/c11-4-1-5(18)6(2-7(4)20-9(14)15)19-3-10(16,17)8(12)13/h1-2,8-9,19H,3,18H2. The van der Waals surface area contributed by atoms with Crippen LogP contribution < -0.4 is 15.8 Å². The van der Waals surface area contributed by atoms with Crippen molar-refractivity contribution in [1.29, 1.82) is 0 Å². The molecule has 0 atom stereocenters. The van der Waals surface area contributed by atoms with Crippen LogP contribution in [0.2, 0.25) is 0 Å². The van der Waals surface area contributed by atoms with Crippen LogP contribution in [0, 0.1) is 5.82 Å². The number of halogens is 7. The molecule has 20 heavy (non-hydrogen) atoms. The smallest absolute Gasteiger partial charge is 0.387 e. The van der Waals surface area contributed by atoms with Gasteiger partial charge in [-0.1, -0.05) is 0 Å². The summed E-state index contributed by atoms with van der Waals surface area (Å²) in [5.74, 6) is -6.55. The van der Waals surface area contributed by atoms with E-state index >= 15 is 0 Å². The highest BCUT2D eigenvalue weighted by Gasteiger charge is 2.40. The maximum atomic E-state index is 13.2. The Morgan fingerprint density at radius 2 is 1.80 bits per heavy atom. The van der Waals surface area contributed by atoms with Crippen molar-refractivity contribution in [2.45, 2.75) is 19.0 Å². The molecule has 0 aromatic heterocycles. The second-order valence-corrected chi connectivity index (χ2v) is 3.66. The highest BCUT2D eigenvalue weighted by atomic mass is 19.3. The average Bonchev–Trinajstić information content (AvgIpc) is 2.30. The van der Waals surface area contributed by atoms with E-state index in [1.54, 1.807) is 0 Å². The van der Waals surface area contributed by atoms with Gasteiger partial charge in [-0.25, -0.2) is 13.2 Å². The third-order valence-corrected chi connectivity index (χ3v) is 2.15. The molecule has 0 radical (unpaired) electrons. The van der Waals surface area contributed by atoms with Gasteiger partial charge in [0.1, 0.15) is 0 Å². The Hall–Kier alpha value is -1.87. The lowest BCUT2D eigenvalue weighted by molar-refractivity contribution is -0.117. The largest absolute Gasteiger partial charge is 0.432 e. The SMILES string of the molecule is Nc1cc(F)c(OC(F)F)cc1NCC(F)(F)C(F)F. The van der Waals surface area contributed by atoms with Gasteiger partial charge < -0.3 is 15.8 Å². The number of benzene rings is 1. The Morgan fingerprint density at radius 1 is 1.20 bits per heavy atom. The Bertz CT molecular complexity index is 467. The lowest BCUT2D eigenvalue weighted by atomic mass is 10.2. The van der Waals surface area contributed by atoms with E-state index in [2.05, 4.69) is 4.74 Å². The summed E-state index contributed by atoms with van der Waals surface area (Å²) in [6.07, 6.45) is -3.92. The van der Waals surface area contributed by atoms with Gasteiger partial charge in [0.25, 0.3) is 0 Å². The van der Waals surface area contributed by atoms with Crippen molar-refractivity contribution in [3.63, 3.8) is 0 Å². The minimum atomic E-state index is -4.36. The molecule has 0 aliphatic rings. The lowest BCUT2D eigenvalue weighted by Gasteiger charge is -2.18. The molecule has 3 nitrogen and oxygen atoms in total. The number of ether oxygens (including phenoxy) is 1. The molecular formula is C10H9F7N2O. The fourth-order valence-electron chi connectivity index (χ4n) is 1.20. The van der Waals surface area contributed by atoms with Crippen LogP contribution in [0.1, 0.15) is 0 Å². The van der Waals surface area contributed by atoms with Gasteiger partial charge in [-0.15, -0.1) is 0 Å². The molecule has 0 saturated carbocycles. The molecule has 0 aliphatic carbocycles. The van der Waals surface area contributed by atoms with Gasteiger partial charge in [0, 0.05) is 12.1 Å². The first-order valence-corrected chi connectivity index (χ1v) is 5.07. The summed E-state index contributed by atoms with van der Waals surface area (Å²) in [6, 6.07) is 1.12. The van der Waals surface area contributed by atoms with Gasteiger partial charge in [-0.3, -0.25) is 0 Å². The van der Waals surface area contributed by atoms with Crippen molar-refractivity contribution < 1.29 is 35.5 Å². The van der Waals surface area contributed by atoms with Crippen LogP contribution in [0.15, 0.2) is 12.1 Å². The van der Waals surface area contributed by atoms with Crippen molar-refractivity contribution in [1.82, 2.24) is 0 Å². The molecule has 0 amide bonds. The summed E-state index contributed by atoms with van der Waals surface area (Å²) in [6.45, 7) is -4.85. The van der Waals surface area contributed by atoms with E-state index in [-0.39, 0.29) is 0 Å². The monoisotopic (exact) mass is 306 g/mol. The van der Waals surface area contributed by atoms with Crippen molar-refractivity contribution in [3.05, 3.63) is 17.9 Å². The summed E-state index contributed by atoms with van der Waals surface area (Å²) in [5.41, 5.74) is 4.40. The molecular weight excluding hydrogens is 297 g/mol. The summed E-state index contributed by atoms with van der Waals surface area (Å²) in [7, 11) is 0. The minimum Gasteiger partial charge on any atom is -0.432 e. The molecule has 10 heteroatoms. The van der Waals surface area contributed by atoms with Crippen LogP contribution in [0.25, 0.3) is 0 Å². The Labute approximate surface area is 108 Å². The first-order valence-electron chi connectivity index (χ1n) is 5.07. The molecule has 114 valence electrons. The Balaban J connectivity index is 2.90. The topological polar surface area (TPSA) is 47.3 Å². The van der Waals surface area contributed by atoms with Crippen LogP contribution in [-0.2, 0) is 0 Å². The quantitative estimate of drug-likeness (QED) is 0.626. The minimum absolute atomic E-state index is 0.422. The van der Waals surface area contributed by atoms with Crippen LogP contribution in [0.5, 0.6) is 5.75 Å². The van der Waals surface area contributed by atoms with Crippen molar-refractivity contribution in [2.24, 2.45) is 0 Å². The Kier molecular flexibility index (Phi) is 4.90. The van der Waals surface area contributed by atoms with E-state index in [0.29, 0.717) is 12.1 Å². The normalized spacial score (nSPS) is 12.1. The molecule has 0 aliphatic heterocycles. The number of nitrogens with one attached hydrogen (secondary N) is 1. The number of anilines is 2. The summed E-state index contributed by atoms with van der Waals surface area (Å²) < 4.78 is 90.0.